The van der Waals surface area contributed by atoms with Crippen molar-refractivity contribution in [1.29, 1.82) is 0 Å². The molecule has 0 saturated carbocycles. The summed E-state index contributed by atoms with van der Waals surface area (Å²) in [6.07, 6.45) is 3.47. The normalized spacial score (nSPS) is 23.5. The molecule has 1 heterocycles. The van der Waals surface area contributed by atoms with E-state index in [1.54, 1.807) is 0 Å². The maximum Gasteiger partial charge on any atom is 0.326 e. The van der Waals surface area contributed by atoms with Crippen LogP contribution in [0.3, 0.4) is 0 Å². The minimum Gasteiger partial charge on any atom is -0.480 e. The lowest BCUT2D eigenvalue weighted by Crippen LogP contribution is -2.53. The first-order valence-corrected chi connectivity index (χ1v) is 7.26. The molecule has 19 heavy (non-hydrogen) atoms. The lowest BCUT2D eigenvalue weighted by molar-refractivity contribution is -0.143. The summed E-state index contributed by atoms with van der Waals surface area (Å²) in [6, 6.07) is -0.906. The van der Waals surface area contributed by atoms with Crippen molar-refractivity contribution < 1.29 is 14.7 Å². The molecule has 5 nitrogen and oxygen atoms in total. The van der Waals surface area contributed by atoms with Crippen LogP contribution in [0.5, 0.6) is 0 Å². The first kappa shape index (κ1) is 15.8. The van der Waals surface area contributed by atoms with Crippen LogP contribution in [0.2, 0.25) is 0 Å². The third kappa shape index (κ3) is 4.40. The minimum absolute atomic E-state index is 0.230. The van der Waals surface area contributed by atoms with E-state index in [0.717, 1.165) is 19.3 Å². The third-order valence-electron chi connectivity index (χ3n) is 4.11. The van der Waals surface area contributed by atoms with Crippen LogP contribution < -0.4 is 5.32 Å². The topological polar surface area (TPSA) is 69.6 Å². The lowest BCUT2D eigenvalue weighted by atomic mass is 9.93. The van der Waals surface area contributed by atoms with Gasteiger partial charge in [0.15, 0.2) is 0 Å². The van der Waals surface area contributed by atoms with Gasteiger partial charge in [-0.05, 0) is 24.7 Å². The molecule has 5 heteroatoms. The van der Waals surface area contributed by atoms with Crippen molar-refractivity contribution in [2.45, 2.75) is 52.5 Å². The van der Waals surface area contributed by atoms with Crippen LogP contribution in [0.1, 0.15) is 46.5 Å². The number of likely N-dealkylation sites (tertiary alicyclic amines) is 1. The van der Waals surface area contributed by atoms with Crippen molar-refractivity contribution >= 4 is 12.0 Å². The Bertz CT molecular complexity index is 316. The van der Waals surface area contributed by atoms with Gasteiger partial charge in [0.05, 0.1) is 0 Å². The van der Waals surface area contributed by atoms with Gasteiger partial charge in [0.25, 0.3) is 0 Å². The Balaban J connectivity index is 2.56. The number of hydrogen-bond donors (Lipinski definition) is 2. The van der Waals surface area contributed by atoms with E-state index in [1.807, 2.05) is 6.92 Å². The van der Waals surface area contributed by atoms with E-state index in [2.05, 4.69) is 19.2 Å². The van der Waals surface area contributed by atoms with Gasteiger partial charge < -0.3 is 15.3 Å². The highest BCUT2D eigenvalue weighted by Crippen LogP contribution is 2.22. The molecule has 1 rings (SSSR count). The molecule has 0 aromatic heterocycles. The van der Waals surface area contributed by atoms with Crippen LogP contribution in [0.15, 0.2) is 0 Å². The summed E-state index contributed by atoms with van der Waals surface area (Å²) in [5.74, 6) is -0.0654. The van der Waals surface area contributed by atoms with E-state index in [0.29, 0.717) is 31.3 Å². The summed E-state index contributed by atoms with van der Waals surface area (Å²) in [4.78, 5) is 24.8. The zero-order valence-electron chi connectivity index (χ0n) is 12.2. The maximum absolute atomic E-state index is 12.1. The van der Waals surface area contributed by atoms with Gasteiger partial charge in [-0.15, -0.1) is 0 Å². The van der Waals surface area contributed by atoms with Gasteiger partial charge in [-0.25, -0.2) is 9.59 Å². The number of nitrogens with one attached hydrogen (secondary N) is 1. The van der Waals surface area contributed by atoms with Gasteiger partial charge in [-0.1, -0.05) is 33.6 Å². The number of aliphatic carboxylic acids is 1. The standard InChI is InChI=1S/C14H26N2O3/c1-4-11(5-2)9-15-14(19)16-7-6-10(3)8-12(16)13(17)18/h10-12H,4-9H2,1-3H3,(H,15,19)(H,17,18). The van der Waals surface area contributed by atoms with E-state index >= 15 is 0 Å². The fourth-order valence-electron chi connectivity index (χ4n) is 2.53. The highest BCUT2D eigenvalue weighted by atomic mass is 16.4. The van der Waals surface area contributed by atoms with Gasteiger partial charge in [-0.2, -0.15) is 0 Å². The van der Waals surface area contributed by atoms with Gasteiger partial charge in [0.2, 0.25) is 0 Å². The maximum atomic E-state index is 12.1. The zero-order valence-corrected chi connectivity index (χ0v) is 12.2. The predicted molar refractivity (Wildman–Crippen MR) is 74.0 cm³/mol. The number of piperidine rings is 1. The first-order valence-electron chi connectivity index (χ1n) is 7.26. The summed E-state index contributed by atoms with van der Waals surface area (Å²) in [6.45, 7) is 7.40. The molecule has 2 unspecified atom stereocenters. The summed E-state index contributed by atoms with van der Waals surface area (Å²) in [5, 5.41) is 12.1. The molecule has 0 bridgehead atoms. The first-order chi connectivity index (χ1) is 8.99. The van der Waals surface area contributed by atoms with Crippen LogP contribution in [-0.2, 0) is 4.79 Å². The molecule has 1 saturated heterocycles. The van der Waals surface area contributed by atoms with E-state index in [-0.39, 0.29) is 6.03 Å². The molecule has 0 spiro atoms. The number of carbonyl (C=O) groups is 2. The van der Waals surface area contributed by atoms with Crippen molar-refractivity contribution in [1.82, 2.24) is 10.2 Å². The van der Waals surface area contributed by atoms with Crippen LogP contribution >= 0.6 is 0 Å². The highest BCUT2D eigenvalue weighted by molar-refractivity contribution is 5.82. The average molecular weight is 270 g/mol. The zero-order chi connectivity index (χ0) is 14.4. The van der Waals surface area contributed by atoms with E-state index in [4.69, 9.17) is 0 Å². The number of urea groups is 1. The summed E-state index contributed by atoms with van der Waals surface area (Å²) in [7, 11) is 0. The van der Waals surface area contributed by atoms with Crippen molar-refractivity contribution in [3.8, 4) is 0 Å². The summed E-state index contributed by atoms with van der Waals surface area (Å²) in [5.41, 5.74) is 0. The number of hydrogen-bond acceptors (Lipinski definition) is 2. The van der Waals surface area contributed by atoms with E-state index in [1.165, 1.54) is 4.90 Å². The quantitative estimate of drug-likeness (QED) is 0.805. The van der Waals surface area contributed by atoms with Crippen molar-refractivity contribution in [3.05, 3.63) is 0 Å². The predicted octanol–water partition coefficient (Wildman–Crippen LogP) is 2.32. The van der Waals surface area contributed by atoms with Crippen molar-refractivity contribution in [2.75, 3.05) is 13.1 Å². The van der Waals surface area contributed by atoms with Gasteiger partial charge >= 0.3 is 12.0 Å². The monoisotopic (exact) mass is 270 g/mol. The Kier molecular flexibility index (Phi) is 6.12. The molecule has 2 N–H and O–H groups in total. The number of nitrogens with zero attached hydrogens (tertiary/aromatic N) is 1. The second kappa shape index (κ2) is 7.36. The van der Waals surface area contributed by atoms with Crippen molar-refractivity contribution in [2.24, 2.45) is 11.8 Å². The van der Waals surface area contributed by atoms with Crippen LogP contribution in [0.4, 0.5) is 4.79 Å². The largest absolute Gasteiger partial charge is 0.480 e. The molecular formula is C14H26N2O3. The van der Waals surface area contributed by atoms with Crippen LogP contribution in [0.25, 0.3) is 0 Å². The smallest absolute Gasteiger partial charge is 0.326 e. The van der Waals surface area contributed by atoms with Gasteiger partial charge in [0, 0.05) is 13.1 Å². The summed E-state index contributed by atoms with van der Waals surface area (Å²) >= 11 is 0. The van der Waals surface area contributed by atoms with Gasteiger partial charge in [-0.3, -0.25) is 0 Å². The second-order valence-corrected chi connectivity index (χ2v) is 5.55. The molecule has 0 aliphatic carbocycles. The Hall–Kier alpha value is -1.26. The Labute approximate surface area is 115 Å². The molecule has 0 aromatic carbocycles. The number of carboxylic acids is 1. The molecule has 0 aromatic rings. The number of carboxylic acid groups (broad SMARTS) is 1. The SMILES string of the molecule is CCC(CC)CNC(=O)N1CCC(C)CC1C(=O)O. The Morgan fingerprint density at radius 2 is 2.00 bits per heavy atom. The molecule has 2 amide bonds. The minimum atomic E-state index is -0.899. The molecule has 110 valence electrons. The molecular weight excluding hydrogens is 244 g/mol. The Morgan fingerprint density at radius 1 is 1.37 bits per heavy atom. The molecule has 1 aliphatic heterocycles. The average Bonchev–Trinajstić information content (AvgIpc) is 2.39. The molecule has 0 radical (unpaired) electrons. The fourth-order valence-corrected chi connectivity index (χ4v) is 2.53. The lowest BCUT2D eigenvalue weighted by Gasteiger charge is -2.36. The molecule has 1 aliphatic rings. The van der Waals surface area contributed by atoms with E-state index in [9.17, 15) is 14.7 Å². The van der Waals surface area contributed by atoms with Crippen LogP contribution in [-0.4, -0.2) is 41.1 Å². The Morgan fingerprint density at radius 3 is 2.53 bits per heavy atom. The van der Waals surface area contributed by atoms with Crippen molar-refractivity contribution in [3.63, 3.8) is 0 Å². The second-order valence-electron chi connectivity index (χ2n) is 5.55. The number of carbonyl (C=O) groups excluding carboxylic acids is 1. The third-order valence-corrected chi connectivity index (χ3v) is 4.11. The number of rotatable bonds is 5. The fraction of sp³-hybridized carbons (Fsp3) is 0.857. The highest BCUT2D eigenvalue weighted by Gasteiger charge is 2.34. The number of amides is 2. The van der Waals surface area contributed by atoms with E-state index < -0.39 is 12.0 Å². The molecule has 1 fully saturated rings. The summed E-state index contributed by atoms with van der Waals surface area (Å²) < 4.78 is 0. The molecule has 2 atom stereocenters. The van der Waals surface area contributed by atoms with Gasteiger partial charge in [0.1, 0.15) is 6.04 Å². The van der Waals surface area contributed by atoms with Crippen LogP contribution in [0, 0.1) is 11.8 Å².